The Balaban J connectivity index is 1.02. The van der Waals surface area contributed by atoms with E-state index in [9.17, 15) is 5.26 Å². The van der Waals surface area contributed by atoms with Crippen molar-refractivity contribution in [2.45, 2.75) is 19.3 Å². The molecule has 0 aliphatic heterocycles. The Morgan fingerprint density at radius 1 is 0.396 bits per heavy atom. The van der Waals surface area contributed by atoms with Crippen LogP contribution in [0.5, 0.6) is 0 Å². The zero-order valence-electron chi connectivity index (χ0n) is 29.6. The molecule has 3 heteroatoms. The van der Waals surface area contributed by atoms with Crippen LogP contribution in [0.1, 0.15) is 30.5 Å². The molecule has 8 aromatic rings. The molecule has 3 nitrogen and oxygen atoms in total. The maximum absolute atomic E-state index is 9.50. The van der Waals surface area contributed by atoms with Gasteiger partial charge in [0.2, 0.25) is 0 Å². The fraction of sp³-hybridized carbons (Fsp3) is 0.0600. The highest BCUT2D eigenvalue weighted by molar-refractivity contribution is 5.85. The summed E-state index contributed by atoms with van der Waals surface area (Å²) >= 11 is 0. The molecule has 0 saturated heterocycles. The van der Waals surface area contributed by atoms with E-state index in [0.717, 1.165) is 44.8 Å². The fourth-order valence-corrected chi connectivity index (χ4v) is 7.64. The predicted octanol–water partition coefficient (Wildman–Crippen LogP) is 12.7. The lowest BCUT2D eigenvalue weighted by Gasteiger charge is -2.21. The Kier molecular flexibility index (Phi) is 7.87. The molecular formula is C50H35N3. The SMILES string of the molecule is CC1(C)c2ccc(-c3ccc(-c4ccc(-c5cc(-c6cccc(-c7ccccc7)c6)nc(-c6ccccc6)n5)cc4)cc3)cc2-c2ccc(C#N)cc21. The molecule has 1 aliphatic rings. The van der Waals surface area contributed by atoms with E-state index < -0.39 is 0 Å². The standard InChI is InChI=1S/C50H35N3/c1-50(2)45-27-25-41(30-44(45)43-26-16-33(32-51)28-46(43)50)37-19-17-35(18-20-37)36-21-23-38(24-22-36)47-31-48(53-49(52-47)39-12-7-4-8-13-39)42-15-9-14-40(29-42)34-10-5-3-6-11-34/h3-31H,1-2H3. The van der Waals surface area contributed by atoms with Crippen molar-refractivity contribution in [3.05, 3.63) is 193 Å². The van der Waals surface area contributed by atoms with Gasteiger partial charge in [-0.25, -0.2) is 9.97 Å². The molecule has 250 valence electrons. The summed E-state index contributed by atoms with van der Waals surface area (Å²) in [6, 6.07) is 63.9. The molecule has 0 spiro atoms. The van der Waals surface area contributed by atoms with Gasteiger partial charge in [0.05, 0.1) is 23.0 Å². The van der Waals surface area contributed by atoms with Crippen LogP contribution in [-0.2, 0) is 5.41 Å². The van der Waals surface area contributed by atoms with Gasteiger partial charge in [0.25, 0.3) is 0 Å². The number of hydrogen-bond acceptors (Lipinski definition) is 3. The average Bonchev–Trinajstić information content (AvgIpc) is 3.46. The van der Waals surface area contributed by atoms with Crippen LogP contribution < -0.4 is 0 Å². The van der Waals surface area contributed by atoms with Crippen molar-refractivity contribution < 1.29 is 0 Å². The predicted molar refractivity (Wildman–Crippen MR) is 217 cm³/mol. The quantitative estimate of drug-likeness (QED) is 0.176. The Labute approximate surface area is 310 Å². The number of hydrogen-bond donors (Lipinski definition) is 0. The van der Waals surface area contributed by atoms with Crippen molar-refractivity contribution >= 4 is 0 Å². The van der Waals surface area contributed by atoms with Gasteiger partial charge < -0.3 is 0 Å². The summed E-state index contributed by atoms with van der Waals surface area (Å²) in [6.07, 6.45) is 0. The summed E-state index contributed by atoms with van der Waals surface area (Å²) in [4.78, 5) is 10.1. The zero-order valence-corrected chi connectivity index (χ0v) is 29.6. The molecule has 0 amide bonds. The molecule has 1 aromatic heterocycles. The first-order valence-electron chi connectivity index (χ1n) is 18.0. The minimum absolute atomic E-state index is 0.143. The van der Waals surface area contributed by atoms with Gasteiger partial charge in [0.15, 0.2) is 5.82 Å². The Hall–Kier alpha value is -6.89. The molecular weight excluding hydrogens is 643 g/mol. The second kappa shape index (κ2) is 13.0. The number of rotatable bonds is 6. The maximum Gasteiger partial charge on any atom is 0.160 e. The molecule has 0 bridgehead atoms. The van der Waals surface area contributed by atoms with E-state index in [4.69, 9.17) is 9.97 Å². The van der Waals surface area contributed by atoms with Crippen LogP contribution in [0.4, 0.5) is 0 Å². The first-order valence-corrected chi connectivity index (χ1v) is 18.0. The van der Waals surface area contributed by atoms with Crippen molar-refractivity contribution in [3.63, 3.8) is 0 Å². The summed E-state index contributed by atoms with van der Waals surface area (Å²) in [6.45, 7) is 4.49. The van der Waals surface area contributed by atoms with Crippen molar-refractivity contribution in [2.24, 2.45) is 0 Å². The van der Waals surface area contributed by atoms with Gasteiger partial charge in [-0.2, -0.15) is 5.26 Å². The van der Waals surface area contributed by atoms with Crippen LogP contribution in [0.25, 0.3) is 78.4 Å². The molecule has 7 aromatic carbocycles. The number of aromatic nitrogens is 2. The van der Waals surface area contributed by atoms with Gasteiger partial charge in [-0.3, -0.25) is 0 Å². The lowest BCUT2D eigenvalue weighted by atomic mass is 9.81. The van der Waals surface area contributed by atoms with E-state index in [1.165, 1.54) is 38.9 Å². The first kappa shape index (κ1) is 32.0. The van der Waals surface area contributed by atoms with Gasteiger partial charge in [-0.15, -0.1) is 0 Å². The summed E-state index contributed by atoms with van der Waals surface area (Å²) in [5.74, 6) is 0.702. The smallest absolute Gasteiger partial charge is 0.160 e. The highest BCUT2D eigenvalue weighted by Crippen LogP contribution is 2.50. The Bertz CT molecular complexity index is 2670. The molecule has 1 aliphatic carbocycles. The van der Waals surface area contributed by atoms with Crippen LogP contribution in [0.15, 0.2) is 176 Å². The number of nitrogens with zero attached hydrogens (tertiary/aromatic N) is 3. The van der Waals surface area contributed by atoms with Crippen molar-refractivity contribution in [1.82, 2.24) is 9.97 Å². The molecule has 0 unspecified atom stereocenters. The van der Waals surface area contributed by atoms with E-state index in [1.54, 1.807) is 0 Å². The third-order valence-corrected chi connectivity index (χ3v) is 10.6. The Morgan fingerprint density at radius 3 is 1.57 bits per heavy atom. The minimum atomic E-state index is -0.143. The third kappa shape index (κ3) is 5.91. The van der Waals surface area contributed by atoms with E-state index in [0.29, 0.717) is 11.4 Å². The second-order valence-electron chi connectivity index (χ2n) is 14.2. The molecule has 0 radical (unpaired) electrons. The zero-order chi connectivity index (χ0) is 35.9. The van der Waals surface area contributed by atoms with Gasteiger partial charge in [-0.05, 0) is 86.0 Å². The van der Waals surface area contributed by atoms with E-state index in [-0.39, 0.29) is 5.41 Å². The average molecular weight is 678 g/mol. The van der Waals surface area contributed by atoms with Crippen LogP contribution in [0, 0.1) is 11.3 Å². The second-order valence-corrected chi connectivity index (χ2v) is 14.2. The number of nitriles is 1. The fourth-order valence-electron chi connectivity index (χ4n) is 7.64. The van der Waals surface area contributed by atoms with Gasteiger partial charge in [0, 0.05) is 22.1 Å². The highest BCUT2D eigenvalue weighted by atomic mass is 14.9. The molecule has 53 heavy (non-hydrogen) atoms. The van der Waals surface area contributed by atoms with E-state index in [1.807, 2.05) is 36.4 Å². The summed E-state index contributed by atoms with van der Waals surface area (Å²) in [7, 11) is 0. The third-order valence-electron chi connectivity index (χ3n) is 10.6. The normalized spacial score (nSPS) is 12.5. The van der Waals surface area contributed by atoms with Crippen LogP contribution in [0.2, 0.25) is 0 Å². The number of fused-ring (bicyclic) bond motifs is 3. The van der Waals surface area contributed by atoms with Crippen molar-refractivity contribution in [2.75, 3.05) is 0 Å². The molecule has 0 fully saturated rings. The maximum atomic E-state index is 9.50. The molecule has 0 saturated carbocycles. The largest absolute Gasteiger partial charge is 0.228 e. The first-order chi connectivity index (χ1) is 25.9. The summed E-state index contributed by atoms with van der Waals surface area (Å²) in [5.41, 5.74) is 17.4. The van der Waals surface area contributed by atoms with E-state index in [2.05, 4.69) is 159 Å². The van der Waals surface area contributed by atoms with Crippen LogP contribution in [-0.4, -0.2) is 9.97 Å². The summed E-state index contributed by atoms with van der Waals surface area (Å²) in [5, 5.41) is 9.50. The van der Waals surface area contributed by atoms with Gasteiger partial charge >= 0.3 is 0 Å². The lowest BCUT2D eigenvalue weighted by molar-refractivity contribution is 0.660. The molecule has 9 rings (SSSR count). The number of benzene rings is 7. The van der Waals surface area contributed by atoms with Crippen LogP contribution >= 0.6 is 0 Å². The van der Waals surface area contributed by atoms with Crippen LogP contribution in [0.3, 0.4) is 0 Å². The highest BCUT2D eigenvalue weighted by Gasteiger charge is 2.35. The van der Waals surface area contributed by atoms with Gasteiger partial charge in [0.1, 0.15) is 0 Å². The topological polar surface area (TPSA) is 49.6 Å². The molecule has 0 atom stereocenters. The van der Waals surface area contributed by atoms with Crippen molar-refractivity contribution in [1.29, 1.82) is 5.26 Å². The van der Waals surface area contributed by atoms with E-state index >= 15 is 0 Å². The van der Waals surface area contributed by atoms with Crippen molar-refractivity contribution in [3.8, 4) is 84.5 Å². The van der Waals surface area contributed by atoms with Gasteiger partial charge in [-0.1, -0.05) is 159 Å². The lowest BCUT2D eigenvalue weighted by Crippen LogP contribution is -2.15. The summed E-state index contributed by atoms with van der Waals surface area (Å²) < 4.78 is 0. The minimum Gasteiger partial charge on any atom is -0.228 e. The Morgan fingerprint density at radius 2 is 0.906 bits per heavy atom. The molecule has 1 heterocycles. The monoisotopic (exact) mass is 677 g/mol. The molecule has 0 N–H and O–H groups in total.